The quantitative estimate of drug-likeness (QED) is 0.574. The summed E-state index contributed by atoms with van der Waals surface area (Å²) in [6.07, 6.45) is 0. The third kappa shape index (κ3) is 0.981. The molecule has 2 nitrogen and oxygen atoms in total. The van der Waals surface area contributed by atoms with Gasteiger partial charge in [0, 0.05) is 11.8 Å². The van der Waals surface area contributed by atoms with Crippen molar-refractivity contribution in [3.05, 3.63) is 0 Å². The molecule has 2 heteroatoms. The van der Waals surface area contributed by atoms with E-state index >= 15 is 0 Å². The maximum absolute atomic E-state index is 10.8. The molecule has 0 heterocycles. The fraction of sp³-hybridized carbons (Fsp3) is 0.750. The lowest BCUT2D eigenvalue weighted by molar-refractivity contribution is -0.122. The molecule has 1 saturated carbocycles. The molecule has 0 aromatic heterocycles. The molecule has 1 aliphatic carbocycles. The Morgan fingerprint density at radius 2 is 1.30 bits per heavy atom. The van der Waals surface area contributed by atoms with Crippen LogP contribution >= 0.6 is 0 Å². The Kier molecular flexibility index (Phi) is 1.63. The number of rotatable bonds is 2. The van der Waals surface area contributed by atoms with Crippen molar-refractivity contribution in [1.82, 2.24) is 0 Å². The van der Waals surface area contributed by atoms with Gasteiger partial charge in [-0.05, 0) is 19.8 Å². The summed E-state index contributed by atoms with van der Waals surface area (Å²) in [6.45, 7) is 5.08. The monoisotopic (exact) mass is 140 g/mol. The predicted octanol–water partition coefficient (Wildman–Crippen LogP) is 1.05. The Hall–Kier alpha value is -0.660. The van der Waals surface area contributed by atoms with Gasteiger partial charge in [-0.2, -0.15) is 0 Å². The van der Waals surface area contributed by atoms with Crippen molar-refractivity contribution in [3.63, 3.8) is 0 Å². The summed E-state index contributed by atoms with van der Waals surface area (Å²) in [5.41, 5.74) is 0. The molecule has 0 aromatic rings. The van der Waals surface area contributed by atoms with E-state index in [2.05, 4.69) is 0 Å². The van der Waals surface area contributed by atoms with Crippen molar-refractivity contribution < 1.29 is 9.59 Å². The van der Waals surface area contributed by atoms with E-state index in [0.717, 1.165) is 0 Å². The first-order valence-corrected chi connectivity index (χ1v) is 3.56. The molecule has 1 fully saturated rings. The van der Waals surface area contributed by atoms with Crippen LogP contribution in [0.5, 0.6) is 0 Å². The largest absolute Gasteiger partial charge is 0.300 e. The molecule has 0 radical (unpaired) electrons. The van der Waals surface area contributed by atoms with Crippen LogP contribution in [0.4, 0.5) is 0 Å². The minimum atomic E-state index is 0.0394. The van der Waals surface area contributed by atoms with E-state index < -0.39 is 0 Å². The van der Waals surface area contributed by atoms with E-state index in [1.165, 1.54) is 0 Å². The standard InChI is InChI=1S/C8H12O2/c1-4-7(5(2)9)8(4)6(3)10/h4,7-8H,1-3H3/t7-,8-/m0/s1. The van der Waals surface area contributed by atoms with Gasteiger partial charge in [0.25, 0.3) is 0 Å². The minimum Gasteiger partial charge on any atom is -0.300 e. The molecule has 0 bridgehead atoms. The highest BCUT2D eigenvalue weighted by molar-refractivity contribution is 5.92. The van der Waals surface area contributed by atoms with Gasteiger partial charge in [-0.25, -0.2) is 0 Å². The minimum absolute atomic E-state index is 0.0394. The Labute approximate surface area is 60.6 Å². The Morgan fingerprint density at radius 1 is 1.00 bits per heavy atom. The Balaban J connectivity index is 2.57. The third-order valence-corrected chi connectivity index (χ3v) is 2.32. The van der Waals surface area contributed by atoms with Crippen molar-refractivity contribution in [2.24, 2.45) is 17.8 Å². The van der Waals surface area contributed by atoms with Crippen molar-refractivity contribution in [3.8, 4) is 0 Å². The van der Waals surface area contributed by atoms with Gasteiger partial charge in [-0.15, -0.1) is 0 Å². The van der Waals surface area contributed by atoms with Gasteiger partial charge in [0.15, 0.2) is 0 Å². The lowest BCUT2D eigenvalue weighted by Gasteiger charge is -1.86. The number of carbonyl (C=O) groups excluding carboxylic acids is 2. The number of Topliss-reactive ketones (excluding diaryl/α,β-unsaturated/α-hetero) is 2. The molecule has 1 rings (SSSR count). The first-order valence-electron chi connectivity index (χ1n) is 3.56. The van der Waals surface area contributed by atoms with E-state index in [-0.39, 0.29) is 23.4 Å². The zero-order chi connectivity index (χ0) is 7.89. The van der Waals surface area contributed by atoms with Crippen LogP contribution in [0.3, 0.4) is 0 Å². The second kappa shape index (κ2) is 2.19. The van der Waals surface area contributed by atoms with Gasteiger partial charge >= 0.3 is 0 Å². The molecule has 0 saturated heterocycles. The fourth-order valence-electron chi connectivity index (χ4n) is 1.71. The number of carbonyl (C=O) groups is 2. The van der Waals surface area contributed by atoms with Crippen LogP contribution in [0.15, 0.2) is 0 Å². The maximum Gasteiger partial charge on any atom is 0.133 e. The first-order chi connectivity index (χ1) is 4.55. The van der Waals surface area contributed by atoms with Crippen molar-refractivity contribution in [2.75, 3.05) is 0 Å². The highest BCUT2D eigenvalue weighted by atomic mass is 16.1. The van der Waals surface area contributed by atoms with E-state index in [1.54, 1.807) is 13.8 Å². The molecular formula is C8H12O2. The molecule has 0 aromatic carbocycles. The maximum atomic E-state index is 10.8. The highest BCUT2D eigenvalue weighted by Crippen LogP contribution is 2.46. The lowest BCUT2D eigenvalue weighted by atomic mass is 10.2. The van der Waals surface area contributed by atoms with Gasteiger partial charge < -0.3 is 0 Å². The van der Waals surface area contributed by atoms with Crippen LogP contribution in [-0.4, -0.2) is 11.6 Å². The van der Waals surface area contributed by atoms with E-state index in [9.17, 15) is 9.59 Å². The van der Waals surface area contributed by atoms with Crippen LogP contribution in [0, 0.1) is 17.8 Å². The fourth-order valence-corrected chi connectivity index (χ4v) is 1.71. The highest BCUT2D eigenvalue weighted by Gasteiger charge is 2.52. The van der Waals surface area contributed by atoms with Gasteiger partial charge in [0.05, 0.1) is 0 Å². The van der Waals surface area contributed by atoms with E-state index in [4.69, 9.17) is 0 Å². The van der Waals surface area contributed by atoms with Gasteiger partial charge in [-0.1, -0.05) is 6.92 Å². The number of ketones is 2. The Morgan fingerprint density at radius 3 is 1.40 bits per heavy atom. The molecule has 1 aliphatic rings. The molecule has 10 heavy (non-hydrogen) atoms. The summed E-state index contributed by atoms with van der Waals surface area (Å²) < 4.78 is 0. The normalized spacial score (nSPS) is 37.3. The summed E-state index contributed by atoms with van der Waals surface area (Å²) >= 11 is 0. The van der Waals surface area contributed by atoms with Crippen LogP contribution < -0.4 is 0 Å². The van der Waals surface area contributed by atoms with Crippen molar-refractivity contribution in [2.45, 2.75) is 20.8 Å². The summed E-state index contributed by atoms with van der Waals surface area (Å²) in [4.78, 5) is 21.6. The van der Waals surface area contributed by atoms with Crippen LogP contribution in [0.1, 0.15) is 20.8 Å². The molecular weight excluding hydrogens is 128 g/mol. The van der Waals surface area contributed by atoms with Gasteiger partial charge in [0.1, 0.15) is 11.6 Å². The SMILES string of the molecule is CC(=O)[C@@H]1C(C)[C@H]1C(C)=O. The molecule has 0 amide bonds. The predicted molar refractivity (Wildman–Crippen MR) is 37.5 cm³/mol. The molecule has 0 spiro atoms. The second-order valence-electron chi connectivity index (χ2n) is 3.13. The second-order valence-corrected chi connectivity index (χ2v) is 3.13. The molecule has 0 N–H and O–H groups in total. The molecule has 0 aliphatic heterocycles. The zero-order valence-electron chi connectivity index (χ0n) is 6.55. The van der Waals surface area contributed by atoms with Crippen LogP contribution in [0.2, 0.25) is 0 Å². The van der Waals surface area contributed by atoms with Crippen LogP contribution in [-0.2, 0) is 9.59 Å². The van der Waals surface area contributed by atoms with Crippen LogP contribution in [0.25, 0.3) is 0 Å². The number of hydrogen-bond acceptors (Lipinski definition) is 2. The molecule has 0 unspecified atom stereocenters. The van der Waals surface area contributed by atoms with Crippen molar-refractivity contribution >= 4 is 11.6 Å². The molecule has 56 valence electrons. The topological polar surface area (TPSA) is 34.1 Å². The van der Waals surface area contributed by atoms with Gasteiger partial charge in [0.2, 0.25) is 0 Å². The lowest BCUT2D eigenvalue weighted by Crippen LogP contribution is -2.01. The number of hydrogen-bond donors (Lipinski definition) is 0. The summed E-state index contributed by atoms with van der Waals surface area (Å²) in [5, 5.41) is 0. The molecule has 2 atom stereocenters. The average Bonchev–Trinajstić information content (AvgIpc) is 2.40. The zero-order valence-corrected chi connectivity index (χ0v) is 6.55. The van der Waals surface area contributed by atoms with E-state index in [0.29, 0.717) is 5.92 Å². The third-order valence-electron chi connectivity index (χ3n) is 2.32. The van der Waals surface area contributed by atoms with E-state index in [1.807, 2.05) is 6.92 Å². The Bertz CT molecular complexity index is 164. The van der Waals surface area contributed by atoms with Crippen molar-refractivity contribution in [1.29, 1.82) is 0 Å². The smallest absolute Gasteiger partial charge is 0.133 e. The van der Waals surface area contributed by atoms with Gasteiger partial charge in [-0.3, -0.25) is 9.59 Å². The summed E-state index contributed by atoms with van der Waals surface area (Å²) in [7, 11) is 0. The summed E-state index contributed by atoms with van der Waals surface area (Å²) in [5.74, 6) is 0.699. The first kappa shape index (κ1) is 7.45. The summed E-state index contributed by atoms with van der Waals surface area (Å²) in [6, 6.07) is 0. The average molecular weight is 140 g/mol.